The third-order valence-electron chi connectivity index (χ3n) is 2.35. The molecule has 90 valence electrons. The maximum absolute atomic E-state index is 5.91. The Hall–Kier alpha value is -0.510. The Balaban J connectivity index is 2.08. The van der Waals surface area contributed by atoms with Crippen molar-refractivity contribution in [2.45, 2.75) is 19.4 Å². The van der Waals surface area contributed by atoms with E-state index in [0.717, 1.165) is 15.8 Å². The monoisotopic (exact) mass is 330 g/mol. The number of ether oxygens (including phenoxy) is 1. The fraction of sp³-hybridized carbons (Fsp3) is 0.231. The minimum absolute atomic E-state index is 0.477. The van der Waals surface area contributed by atoms with E-state index < -0.39 is 0 Å². The lowest BCUT2D eigenvalue weighted by atomic mass is 10.1. The van der Waals surface area contributed by atoms with Gasteiger partial charge in [-0.05, 0) is 35.0 Å². The van der Waals surface area contributed by atoms with Gasteiger partial charge in [0.25, 0.3) is 0 Å². The summed E-state index contributed by atoms with van der Waals surface area (Å²) in [5.74, 6) is 1.35. The van der Waals surface area contributed by atoms with E-state index in [9.17, 15) is 0 Å². The topological polar surface area (TPSA) is 9.23 Å². The fourth-order valence-corrected chi connectivity index (χ4v) is 3.10. The van der Waals surface area contributed by atoms with Crippen LogP contribution in [-0.2, 0) is 12.5 Å². The molecule has 0 saturated carbocycles. The number of aryl methyl sites for hydroxylation is 1. The maximum Gasteiger partial charge on any atom is 0.124 e. The lowest BCUT2D eigenvalue weighted by molar-refractivity contribution is 0.307. The Bertz CT molecular complexity index is 510. The highest BCUT2D eigenvalue weighted by Crippen LogP contribution is 2.25. The molecule has 0 unspecified atom stereocenters. The third kappa shape index (κ3) is 3.47. The van der Waals surface area contributed by atoms with E-state index in [4.69, 9.17) is 16.3 Å². The van der Waals surface area contributed by atoms with E-state index in [1.807, 2.05) is 12.1 Å². The molecule has 0 spiro atoms. The molecule has 0 aliphatic heterocycles. The molecule has 1 aromatic carbocycles. The molecule has 0 bridgehead atoms. The van der Waals surface area contributed by atoms with Gasteiger partial charge in [0, 0.05) is 20.3 Å². The first kappa shape index (κ1) is 12.9. The normalized spacial score (nSPS) is 10.5. The number of alkyl halides is 1. The summed E-state index contributed by atoms with van der Waals surface area (Å²) in [7, 11) is 0. The van der Waals surface area contributed by atoms with Crippen molar-refractivity contribution in [1.29, 1.82) is 0 Å². The molecule has 1 aromatic heterocycles. The van der Waals surface area contributed by atoms with Crippen LogP contribution in [0.1, 0.15) is 16.0 Å². The number of hydrogen-bond acceptors (Lipinski definition) is 2. The van der Waals surface area contributed by atoms with Crippen molar-refractivity contribution in [2.75, 3.05) is 0 Å². The van der Waals surface area contributed by atoms with Crippen LogP contribution >= 0.6 is 38.9 Å². The molecule has 4 heteroatoms. The average Bonchev–Trinajstić information content (AvgIpc) is 2.73. The predicted octanol–water partition coefficient (Wildman–Crippen LogP) is 5.14. The summed E-state index contributed by atoms with van der Waals surface area (Å²) < 4.78 is 6.89. The maximum atomic E-state index is 5.91. The first-order valence-corrected chi connectivity index (χ1v) is 7.41. The molecule has 0 saturated heterocycles. The van der Waals surface area contributed by atoms with E-state index in [-0.39, 0.29) is 0 Å². The van der Waals surface area contributed by atoms with Crippen LogP contribution in [0, 0.1) is 6.92 Å². The van der Waals surface area contributed by atoms with E-state index in [1.54, 1.807) is 11.3 Å². The highest BCUT2D eigenvalue weighted by molar-refractivity contribution is 9.10. The van der Waals surface area contributed by atoms with Gasteiger partial charge in [-0.15, -0.1) is 22.9 Å². The standard InChI is InChI=1S/C13H12BrClOS/c1-9-2-3-13(10(4-9)6-15)16-7-12-5-11(14)8-17-12/h2-5,8H,6-7H2,1H3. The summed E-state index contributed by atoms with van der Waals surface area (Å²) in [6, 6.07) is 8.15. The quantitative estimate of drug-likeness (QED) is 0.705. The summed E-state index contributed by atoms with van der Waals surface area (Å²) in [6.07, 6.45) is 0. The summed E-state index contributed by atoms with van der Waals surface area (Å²) >= 11 is 11.0. The van der Waals surface area contributed by atoms with Gasteiger partial charge in [-0.25, -0.2) is 0 Å². The van der Waals surface area contributed by atoms with Crippen LogP contribution in [-0.4, -0.2) is 0 Å². The summed E-state index contributed by atoms with van der Waals surface area (Å²) in [5, 5.41) is 2.05. The van der Waals surface area contributed by atoms with Crippen molar-refractivity contribution in [3.8, 4) is 5.75 Å². The van der Waals surface area contributed by atoms with E-state index in [0.29, 0.717) is 12.5 Å². The molecular formula is C13H12BrClOS. The van der Waals surface area contributed by atoms with Gasteiger partial charge in [0.15, 0.2) is 0 Å². The van der Waals surface area contributed by atoms with Crippen molar-refractivity contribution in [2.24, 2.45) is 0 Å². The zero-order valence-electron chi connectivity index (χ0n) is 9.37. The Morgan fingerprint density at radius 1 is 1.35 bits per heavy atom. The van der Waals surface area contributed by atoms with Crippen LogP contribution in [0.4, 0.5) is 0 Å². The van der Waals surface area contributed by atoms with Crippen LogP contribution in [0.2, 0.25) is 0 Å². The molecule has 0 atom stereocenters. The van der Waals surface area contributed by atoms with Crippen molar-refractivity contribution >= 4 is 38.9 Å². The van der Waals surface area contributed by atoms with Gasteiger partial charge >= 0.3 is 0 Å². The van der Waals surface area contributed by atoms with E-state index in [1.165, 1.54) is 10.4 Å². The van der Waals surface area contributed by atoms with Crippen LogP contribution < -0.4 is 4.74 Å². The minimum Gasteiger partial charge on any atom is -0.488 e. The smallest absolute Gasteiger partial charge is 0.124 e. The lowest BCUT2D eigenvalue weighted by Crippen LogP contribution is -1.96. The lowest BCUT2D eigenvalue weighted by Gasteiger charge is -2.09. The fourth-order valence-electron chi connectivity index (χ4n) is 1.53. The first-order chi connectivity index (χ1) is 8.19. The Kier molecular flexibility index (Phi) is 4.48. The molecule has 0 amide bonds. The second-order valence-electron chi connectivity index (χ2n) is 3.76. The zero-order valence-corrected chi connectivity index (χ0v) is 12.5. The van der Waals surface area contributed by atoms with Crippen molar-refractivity contribution in [1.82, 2.24) is 0 Å². The number of thiophene rings is 1. The predicted molar refractivity (Wildman–Crippen MR) is 77.1 cm³/mol. The summed E-state index contributed by atoms with van der Waals surface area (Å²) in [4.78, 5) is 1.19. The van der Waals surface area contributed by atoms with Gasteiger partial charge in [-0.1, -0.05) is 17.7 Å². The van der Waals surface area contributed by atoms with E-state index >= 15 is 0 Å². The number of rotatable bonds is 4. The average molecular weight is 332 g/mol. The van der Waals surface area contributed by atoms with Crippen LogP contribution in [0.15, 0.2) is 34.1 Å². The summed E-state index contributed by atoms with van der Waals surface area (Å²) in [6.45, 7) is 2.64. The Morgan fingerprint density at radius 3 is 2.82 bits per heavy atom. The molecule has 0 radical (unpaired) electrons. The van der Waals surface area contributed by atoms with Gasteiger partial charge in [0.05, 0.1) is 5.88 Å². The molecule has 1 nitrogen and oxygen atoms in total. The zero-order chi connectivity index (χ0) is 12.3. The largest absolute Gasteiger partial charge is 0.488 e. The molecule has 0 N–H and O–H groups in total. The molecule has 0 fully saturated rings. The molecule has 2 rings (SSSR count). The minimum atomic E-state index is 0.477. The highest BCUT2D eigenvalue weighted by atomic mass is 79.9. The van der Waals surface area contributed by atoms with Gasteiger partial charge in [0.1, 0.15) is 12.4 Å². The third-order valence-corrected chi connectivity index (χ3v) is 4.31. The molecule has 17 heavy (non-hydrogen) atoms. The van der Waals surface area contributed by atoms with Crippen molar-refractivity contribution < 1.29 is 4.74 Å². The number of halogens is 2. The molecule has 0 aliphatic carbocycles. The van der Waals surface area contributed by atoms with Crippen LogP contribution in [0.3, 0.4) is 0 Å². The Labute approximate surface area is 119 Å². The molecular weight excluding hydrogens is 320 g/mol. The van der Waals surface area contributed by atoms with E-state index in [2.05, 4.69) is 40.4 Å². The van der Waals surface area contributed by atoms with Gasteiger partial charge < -0.3 is 4.74 Å². The number of hydrogen-bond donors (Lipinski definition) is 0. The number of benzene rings is 1. The van der Waals surface area contributed by atoms with Gasteiger partial charge in [-0.3, -0.25) is 0 Å². The van der Waals surface area contributed by atoms with Crippen LogP contribution in [0.25, 0.3) is 0 Å². The van der Waals surface area contributed by atoms with Gasteiger partial charge in [0.2, 0.25) is 0 Å². The highest BCUT2D eigenvalue weighted by Gasteiger charge is 2.04. The molecule has 0 aliphatic rings. The van der Waals surface area contributed by atoms with Gasteiger partial charge in [-0.2, -0.15) is 0 Å². The molecule has 1 heterocycles. The second kappa shape index (κ2) is 5.89. The van der Waals surface area contributed by atoms with Crippen molar-refractivity contribution in [3.05, 3.63) is 50.1 Å². The molecule has 2 aromatic rings. The SMILES string of the molecule is Cc1ccc(OCc2cc(Br)cs2)c(CCl)c1. The first-order valence-electron chi connectivity index (χ1n) is 5.20. The van der Waals surface area contributed by atoms with Crippen molar-refractivity contribution in [3.63, 3.8) is 0 Å². The summed E-state index contributed by atoms with van der Waals surface area (Å²) in [5.41, 5.74) is 2.24. The Morgan fingerprint density at radius 2 is 2.18 bits per heavy atom. The second-order valence-corrected chi connectivity index (χ2v) is 5.94. The van der Waals surface area contributed by atoms with Crippen LogP contribution in [0.5, 0.6) is 5.75 Å².